The molecule has 6 atom stereocenters. The van der Waals surface area contributed by atoms with E-state index in [-0.39, 0.29) is 83.8 Å². The molecule has 132 heavy (non-hydrogen) atoms. The average molecular weight is 1810 g/mol. The van der Waals surface area contributed by atoms with Gasteiger partial charge in [-0.3, -0.25) is 19.2 Å². The quantitative estimate of drug-likeness (QED) is 0.0811. The minimum Gasteiger partial charge on any atom is -0.375 e. The van der Waals surface area contributed by atoms with Gasteiger partial charge in [0.1, 0.15) is 54.1 Å². The van der Waals surface area contributed by atoms with Crippen LogP contribution in [0.15, 0.2) is 177 Å². The number of hydrogen-bond donors (Lipinski definition) is 0. The fourth-order valence-corrected chi connectivity index (χ4v) is 16.3. The largest absolute Gasteiger partial charge is 0.375 e. The van der Waals surface area contributed by atoms with Crippen LogP contribution in [-0.2, 0) is 62.3 Å². The van der Waals surface area contributed by atoms with Crippen molar-refractivity contribution in [2.45, 2.75) is 115 Å². The van der Waals surface area contributed by atoms with E-state index in [9.17, 15) is 45.5 Å². The Hall–Kier alpha value is -13.5. The molecule has 0 bridgehead atoms. The first-order valence-electron chi connectivity index (χ1n) is 43.8. The summed E-state index contributed by atoms with van der Waals surface area (Å²) >= 11 is 0. The predicted octanol–water partition coefficient (Wildman–Crippen LogP) is 11.3. The van der Waals surface area contributed by atoms with Gasteiger partial charge in [0.15, 0.2) is 46.6 Å². The molecule has 15 heterocycles. The van der Waals surface area contributed by atoms with Crippen molar-refractivity contribution in [1.29, 1.82) is 0 Å². The normalized spacial score (nSPS) is 19.5. The smallest absolute Gasteiger partial charge is 0.308 e. The SMILES string of the molecule is C=C(c1nc2n(n1)CCOC2c1ccccc1)N(C)C.C=C(c1nc2n(n1)CCOC2c1ccccc1F)N(C)C.CC1CN(C(=O)c2nc3n(n2)CCOC3c2ccccc2)C1.CC1CN(C(=O)c2nc3n(n2)CCOC3c2ccccc2F)C1.CCN(CC)C(=O)c1nc2n(n1)CCOC2c1ccccc1F.O=C(c1nc2n(n1)[C@@H](c1ccccc1)CC2(F)F)N1CC(F)C1. The van der Waals surface area contributed by atoms with E-state index in [4.69, 9.17) is 23.7 Å². The van der Waals surface area contributed by atoms with Crippen molar-refractivity contribution in [3.05, 3.63) is 298 Å². The molecule has 5 unspecified atom stereocenters. The van der Waals surface area contributed by atoms with Crippen molar-refractivity contribution in [2.24, 2.45) is 11.8 Å². The van der Waals surface area contributed by atoms with Crippen LogP contribution < -0.4 is 0 Å². The topological polar surface area (TPSA) is 318 Å². The van der Waals surface area contributed by atoms with Crippen LogP contribution in [0.25, 0.3) is 11.4 Å². The highest BCUT2D eigenvalue weighted by Gasteiger charge is 2.50. The van der Waals surface area contributed by atoms with Crippen molar-refractivity contribution in [2.75, 3.05) is 114 Å². The predicted molar refractivity (Wildman–Crippen MR) is 468 cm³/mol. The third-order valence-corrected chi connectivity index (χ3v) is 23.5. The minimum absolute atomic E-state index is 0.0405. The summed E-state index contributed by atoms with van der Waals surface area (Å²) in [6.45, 7) is 25.6. The molecule has 0 radical (unpaired) electrons. The van der Waals surface area contributed by atoms with Crippen LogP contribution in [0, 0.1) is 29.3 Å². The van der Waals surface area contributed by atoms with Gasteiger partial charge in [-0.05, 0) is 60.6 Å². The van der Waals surface area contributed by atoms with Crippen LogP contribution in [0.4, 0.5) is 26.3 Å². The molecule has 690 valence electrons. The Balaban J connectivity index is 0.000000116. The summed E-state index contributed by atoms with van der Waals surface area (Å²) in [5, 5.41) is 25.9. The van der Waals surface area contributed by atoms with Gasteiger partial charge in [-0.25, -0.2) is 75.6 Å². The molecule has 3 saturated heterocycles. The lowest BCUT2D eigenvalue weighted by Gasteiger charge is -2.36. The third-order valence-electron chi connectivity index (χ3n) is 23.5. The fourth-order valence-electron chi connectivity index (χ4n) is 16.3. The van der Waals surface area contributed by atoms with Crippen molar-refractivity contribution in [3.63, 3.8) is 0 Å². The monoisotopic (exact) mass is 1810 g/mol. The van der Waals surface area contributed by atoms with E-state index in [0.717, 1.165) is 65.9 Å². The summed E-state index contributed by atoms with van der Waals surface area (Å²) in [5.74, 6) is -0.0156. The Morgan fingerprint density at radius 1 is 0.394 bits per heavy atom. The van der Waals surface area contributed by atoms with E-state index in [1.165, 1.54) is 23.1 Å². The summed E-state index contributed by atoms with van der Waals surface area (Å²) in [6.07, 6.45) is -3.70. The highest BCUT2D eigenvalue weighted by molar-refractivity contribution is 5.92. The fraction of sp³-hybridized carbons (Fsp3) is 0.398. The van der Waals surface area contributed by atoms with Crippen LogP contribution in [0.2, 0.25) is 0 Å². The number of alkyl halides is 3. The first kappa shape index (κ1) is 91.8. The number of likely N-dealkylation sites (tertiary alicyclic amines) is 3. The molecule has 21 rings (SSSR count). The minimum atomic E-state index is -3.15. The van der Waals surface area contributed by atoms with Crippen molar-refractivity contribution >= 4 is 35.0 Å². The van der Waals surface area contributed by atoms with Crippen LogP contribution in [-0.4, -0.2) is 261 Å². The molecule has 3 fully saturated rings. The Kier molecular flexibility index (Phi) is 27.9. The van der Waals surface area contributed by atoms with E-state index in [1.807, 2.05) is 105 Å². The molecule has 6 aromatic carbocycles. The van der Waals surface area contributed by atoms with E-state index < -0.39 is 54.6 Å². The molecule has 12 aromatic rings. The molecule has 0 saturated carbocycles. The number of ether oxygens (including phenoxy) is 5. The summed E-state index contributed by atoms with van der Waals surface area (Å²) in [6, 6.07) is 47.6. The second-order valence-electron chi connectivity index (χ2n) is 33.4. The van der Waals surface area contributed by atoms with Crippen LogP contribution >= 0.6 is 0 Å². The van der Waals surface area contributed by atoms with Gasteiger partial charge in [-0.1, -0.05) is 173 Å². The Morgan fingerprint density at radius 3 is 1.03 bits per heavy atom. The molecule has 39 heteroatoms. The molecule has 9 aliphatic rings. The number of carbonyl (C=O) groups is 4. The maximum absolute atomic E-state index is 14.2. The van der Waals surface area contributed by atoms with E-state index in [1.54, 1.807) is 118 Å². The molecule has 9 aliphatic heterocycles. The molecule has 0 spiro atoms. The lowest BCUT2D eigenvalue weighted by atomic mass is 10.0. The summed E-state index contributed by atoms with van der Waals surface area (Å²) in [5.41, 5.74) is 5.63. The van der Waals surface area contributed by atoms with Gasteiger partial charge in [-0.15, -0.1) is 30.6 Å². The highest BCUT2D eigenvalue weighted by Crippen LogP contribution is 2.46. The summed E-state index contributed by atoms with van der Waals surface area (Å²) < 4.78 is 122. The van der Waals surface area contributed by atoms with E-state index in [2.05, 4.69) is 99.6 Å². The molecule has 0 aliphatic carbocycles. The van der Waals surface area contributed by atoms with E-state index >= 15 is 0 Å². The Bertz CT molecular complexity index is 6100. The summed E-state index contributed by atoms with van der Waals surface area (Å²) in [7, 11) is 7.64. The summed E-state index contributed by atoms with van der Waals surface area (Å²) in [4.78, 5) is 85.4. The molecular weight excluding hydrogens is 1710 g/mol. The van der Waals surface area contributed by atoms with Gasteiger partial charge >= 0.3 is 5.92 Å². The van der Waals surface area contributed by atoms with Crippen molar-refractivity contribution < 1.29 is 69.2 Å². The molecular formula is C93H102F6N24O9. The standard InChI is InChI=1S/C16H17FN4O2.C16H19FN4O2.C16H18N4O2.C15H13F3N4O.C15H17FN4O.C15H18N4O/c1-10-8-20(9-10)16(22)14-18-15-13(23-7-6-21(15)19-14)11-4-2-3-5-12(11)17;1-3-20(4-2)16(22)14-18-15-13(23-10-9-21(15)19-14)11-7-5-6-8-12(11)17;1-11-9-19(10-11)16(21)14-17-15-13(12-5-3-2-4-6-12)22-8-7-20(15)18-14;16-10-7-21(8-10)13(23)12-19-14-15(17,18)6-11(22(14)20-12)9-4-2-1-3-5-9;1-10(19(2)3)14-17-15-13(21-9-8-20(15)18-14)11-6-4-5-7-12(11)16;1-11(18(2)3)14-16-15-13(12-7-5-4-6-8-12)20-10-9-19(15)17-14/h2-5,10,13H,6-9H2,1H3;5-8,13H,3-4,9-10H2,1-2H3;2-6,11,13H,7-10H2,1H3;1-5,10-11H,6-8H2;4-7,13H,1,8-9H2,2-3H3;4-8,13H,1,9-10H2,2-3H3/t;;;11-;;/m...1../s1. The molecule has 33 nitrogen and oxygen atoms in total. The van der Waals surface area contributed by atoms with Crippen molar-refractivity contribution in [3.8, 4) is 0 Å². The van der Waals surface area contributed by atoms with Crippen molar-refractivity contribution in [1.82, 2.24) is 118 Å². The maximum atomic E-state index is 14.2. The van der Waals surface area contributed by atoms with E-state index in [0.29, 0.717) is 141 Å². The highest BCUT2D eigenvalue weighted by atomic mass is 19.3. The van der Waals surface area contributed by atoms with Gasteiger partial charge in [0.2, 0.25) is 23.3 Å². The Morgan fingerprint density at radius 2 is 0.689 bits per heavy atom. The van der Waals surface area contributed by atoms with Crippen LogP contribution in [0.1, 0.15) is 193 Å². The number of benzene rings is 6. The second kappa shape index (κ2) is 40.1. The Labute approximate surface area is 757 Å². The number of nitrogens with zero attached hydrogens (tertiary/aromatic N) is 24. The molecule has 4 amide bonds. The van der Waals surface area contributed by atoms with Gasteiger partial charge in [0.05, 0.1) is 96.3 Å². The third kappa shape index (κ3) is 19.8. The van der Waals surface area contributed by atoms with Gasteiger partial charge in [0, 0.05) is 90.6 Å². The number of rotatable bonds is 16. The number of carbonyl (C=O) groups excluding carboxylic acids is 4. The van der Waals surface area contributed by atoms with Crippen LogP contribution in [0.5, 0.6) is 0 Å². The number of fused-ring (bicyclic) bond motifs is 6. The maximum Gasteiger partial charge on any atom is 0.308 e. The lowest BCUT2D eigenvalue weighted by molar-refractivity contribution is -0.00900. The van der Waals surface area contributed by atoms with Gasteiger partial charge in [0.25, 0.3) is 23.6 Å². The molecule has 6 aromatic heterocycles. The zero-order valence-electron chi connectivity index (χ0n) is 74.3. The zero-order chi connectivity index (χ0) is 92.8. The average Bonchev–Trinajstić information content (AvgIpc) is 1.57. The second-order valence-corrected chi connectivity index (χ2v) is 33.4. The zero-order valence-corrected chi connectivity index (χ0v) is 74.3. The number of aromatic nitrogens is 18. The first-order chi connectivity index (χ1) is 63.7. The number of amides is 4. The number of hydrogen-bond acceptors (Lipinski definition) is 23. The van der Waals surface area contributed by atoms with Gasteiger partial charge < -0.3 is 53.1 Å². The number of halogens is 6. The first-order valence-corrected chi connectivity index (χ1v) is 43.8. The van der Waals surface area contributed by atoms with Crippen LogP contribution in [0.3, 0.4) is 0 Å². The molecule has 0 N–H and O–H groups in total. The lowest BCUT2D eigenvalue weighted by Crippen LogP contribution is -2.51. The van der Waals surface area contributed by atoms with Gasteiger partial charge in [-0.2, -0.15) is 8.78 Å².